The van der Waals surface area contributed by atoms with Crippen LogP contribution >= 0.6 is 34.8 Å². The summed E-state index contributed by atoms with van der Waals surface area (Å²) < 4.78 is 0. The number of aliphatic carboxylic acids is 1. The average molecular weight is 352 g/mol. The predicted octanol–water partition coefficient (Wildman–Crippen LogP) is 4.02. The summed E-state index contributed by atoms with van der Waals surface area (Å²) >= 11 is 17.6. The summed E-state index contributed by atoms with van der Waals surface area (Å²) in [6.07, 6.45) is 1.55. The Balaban J connectivity index is 2.11. The Labute approximate surface area is 136 Å². The molecule has 0 aromatic heterocycles. The highest BCUT2D eigenvalue weighted by Crippen LogP contribution is 2.40. The molecule has 8 heteroatoms. The van der Waals surface area contributed by atoms with Crippen molar-refractivity contribution in [2.24, 2.45) is 5.92 Å². The van der Waals surface area contributed by atoms with Crippen LogP contribution in [0.15, 0.2) is 12.1 Å². The number of rotatable bonds is 4. The first-order valence-corrected chi connectivity index (χ1v) is 7.34. The first-order chi connectivity index (χ1) is 9.74. The molecule has 114 valence electrons. The van der Waals surface area contributed by atoms with E-state index in [0.717, 1.165) is 12.8 Å². The van der Waals surface area contributed by atoms with Gasteiger partial charge in [0.15, 0.2) is 0 Å². The van der Waals surface area contributed by atoms with Gasteiger partial charge >= 0.3 is 12.0 Å². The summed E-state index contributed by atoms with van der Waals surface area (Å²) in [6.45, 7) is 1.49. The number of carboxylic acids is 1. The van der Waals surface area contributed by atoms with Crippen LogP contribution in [0.1, 0.15) is 19.8 Å². The number of carbonyl (C=O) groups excluding carboxylic acids is 1. The molecule has 1 atom stereocenters. The van der Waals surface area contributed by atoms with Crippen molar-refractivity contribution in [1.82, 2.24) is 5.32 Å². The first-order valence-electron chi connectivity index (χ1n) is 6.21. The normalized spacial score (nSPS) is 17.0. The van der Waals surface area contributed by atoms with E-state index in [2.05, 4.69) is 10.6 Å². The highest BCUT2D eigenvalue weighted by molar-refractivity contribution is 6.44. The molecule has 5 nitrogen and oxygen atoms in total. The van der Waals surface area contributed by atoms with E-state index in [1.54, 1.807) is 0 Å². The molecule has 0 spiro atoms. The fraction of sp³-hybridized carbons (Fsp3) is 0.385. The van der Waals surface area contributed by atoms with E-state index in [9.17, 15) is 14.7 Å². The summed E-state index contributed by atoms with van der Waals surface area (Å²) in [5.41, 5.74) is -1.04. The van der Waals surface area contributed by atoms with Crippen molar-refractivity contribution in [2.45, 2.75) is 25.3 Å². The minimum Gasteiger partial charge on any atom is -0.480 e. The van der Waals surface area contributed by atoms with Crippen LogP contribution in [0.3, 0.4) is 0 Å². The van der Waals surface area contributed by atoms with Crippen LogP contribution in [-0.4, -0.2) is 22.6 Å². The van der Waals surface area contributed by atoms with E-state index in [-0.39, 0.29) is 26.7 Å². The molecule has 2 amide bonds. The minimum absolute atomic E-state index is 0.0648. The van der Waals surface area contributed by atoms with Crippen molar-refractivity contribution >= 4 is 52.5 Å². The largest absolute Gasteiger partial charge is 0.480 e. The van der Waals surface area contributed by atoms with Gasteiger partial charge < -0.3 is 15.7 Å². The zero-order valence-corrected chi connectivity index (χ0v) is 13.3. The SMILES string of the molecule is CC(NC(=O)Nc1cc(Cl)c(Cl)cc1Cl)(C(=O)O)C1CC1. The monoisotopic (exact) mass is 350 g/mol. The zero-order valence-electron chi connectivity index (χ0n) is 11.0. The van der Waals surface area contributed by atoms with Gasteiger partial charge in [0, 0.05) is 0 Å². The van der Waals surface area contributed by atoms with Crippen molar-refractivity contribution < 1.29 is 14.7 Å². The van der Waals surface area contributed by atoms with Crippen LogP contribution < -0.4 is 10.6 Å². The fourth-order valence-electron chi connectivity index (χ4n) is 2.00. The number of halogens is 3. The van der Waals surface area contributed by atoms with Crippen LogP contribution in [0.4, 0.5) is 10.5 Å². The Hall–Kier alpha value is -1.17. The van der Waals surface area contributed by atoms with Crippen molar-refractivity contribution in [1.29, 1.82) is 0 Å². The van der Waals surface area contributed by atoms with Gasteiger partial charge in [0.2, 0.25) is 0 Å². The van der Waals surface area contributed by atoms with Crippen LogP contribution in [0.25, 0.3) is 0 Å². The number of carboxylic acid groups (broad SMARTS) is 1. The second kappa shape index (κ2) is 5.91. The van der Waals surface area contributed by atoms with E-state index in [1.165, 1.54) is 19.1 Å². The molecule has 2 rings (SSSR count). The van der Waals surface area contributed by atoms with E-state index in [4.69, 9.17) is 34.8 Å². The fourth-order valence-corrected chi connectivity index (χ4v) is 2.59. The standard InChI is InChI=1S/C13H13Cl3N2O3/c1-13(11(19)20,6-2-3-6)18-12(21)17-10-5-8(15)7(14)4-9(10)16/h4-6H,2-3H2,1H3,(H,19,20)(H2,17,18,21). The maximum atomic E-state index is 12.0. The molecule has 3 N–H and O–H groups in total. The molecule has 1 saturated carbocycles. The van der Waals surface area contributed by atoms with Gasteiger partial charge in [-0.2, -0.15) is 0 Å². The number of anilines is 1. The van der Waals surface area contributed by atoms with Gasteiger partial charge in [0.1, 0.15) is 5.54 Å². The summed E-state index contributed by atoms with van der Waals surface area (Å²) in [5, 5.41) is 15.0. The number of hydrogen-bond donors (Lipinski definition) is 3. The van der Waals surface area contributed by atoms with Crippen LogP contribution in [0.5, 0.6) is 0 Å². The summed E-state index contributed by atoms with van der Waals surface area (Å²) in [7, 11) is 0. The number of nitrogens with one attached hydrogen (secondary N) is 2. The molecule has 1 fully saturated rings. The molecule has 1 aliphatic rings. The second-order valence-electron chi connectivity index (χ2n) is 5.11. The predicted molar refractivity (Wildman–Crippen MR) is 82.4 cm³/mol. The smallest absolute Gasteiger partial charge is 0.329 e. The molecule has 0 saturated heterocycles. The molecule has 21 heavy (non-hydrogen) atoms. The lowest BCUT2D eigenvalue weighted by Gasteiger charge is -2.26. The Morgan fingerprint density at radius 3 is 2.29 bits per heavy atom. The molecule has 1 aliphatic carbocycles. The van der Waals surface area contributed by atoms with E-state index >= 15 is 0 Å². The molecular formula is C13H13Cl3N2O3. The molecule has 1 aromatic rings. The molecule has 1 unspecified atom stereocenters. The average Bonchev–Trinajstić information content (AvgIpc) is 3.19. The third-order valence-corrected chi connectivity index (χ3v) is 4.50. The minimum atomic E-state index is -1.30. The zero-order chi connectivity index (χ0) is 15.8. The first kappa shape index (κ1) is 16.2. The summed E-state index contributed by atoms with van der Waals surface area (Å²) in [5.74, 6) is -1.13. The number of carbonyl (C=O) groups is 2. The van der Waals surface area contributed by atoms with Crippen LogP contribution in [-0.2, 0) is 4.79 Å². The number of benzene rings is 1. The van der Waals surface area contributed by atoms with Gasteiger partial charge in [-0.3, -0.25) is 0 Å². The Kier molecular flexibility index (Phi) is 4.56. The number of hydrogen-bond acceptors (Lipinski definition) is 2. The Morgan fingerprint density at radius 2 is 1.76 bits per heavy atom. The lowest BCUT2D eigenvalue weighted by molar-refractivity contribution is -0.144. The van der Waals surface area contributed by atoms with Gasteiger partial charge in [0.25, 0.3) is 0 Å². The van der Waals surface area contributed by atoms with Crippen molar-refractivity contribution in [3.63, 3.8) is 0 Å². The molecule has 0 radical (unpaired) electrons. The molecule has 0 heterocycles. The van der Waals surface area contributed by atoms with E-state index < -0.39 is 17.5 Å². The van der Waals surface area contributed by atoms with Gasteiger partial charge in [-0.15, -0.1) is 0 Å². The highest BCUT2D eigenvalue weighted by atomic mass is 35.5. The topological polar surface area (TPSA) is 78.4 Å². The number of urea groups is 1. The van der Waals surface area contributed by atoms with Gasteiger partial charge in [-0.05, 0) is 37.8 Å². The quantitative estimate of drug-likeness (QED) is 0.717. The van der Waals surface area contributed by atoms with Gasteiger partial charge in [-0.1, -0.05) is 34.8 Å². The third-order valence-electron chi connectivity index (χ3n) is 3.47. The van der Waals surface area contributed by atoms with Crippen molar-refractivity contribution in [3.8, 4) is 0 Å². The van der Waals surface area contributed by atoms with Crippen molar-refractivity contribution in [2.75, 3.05) is 5.32 Å². The van der Waals surface area contributed by atoms with Gasteiger partial charge in [0.05, 0.1) is 20.8 Å². The maximum Gasteiger partial charge on any atom is 0.329 e. The van der Waals surface area contributed by atoms with Crippen LogP contribution in [0, 0.1) is 5.92 Å². The van der Waals surface area contributed by atoms with Gasteiger partial charge in [-0.25, -0.2) is 9.59 Å². The Morgan fingerprint density at radius 1 is 1.19 bits per heavy atom. The maximum absolute atomic E-state index is 12.0. The molecule has 0 bridgehead atoms. The molecular weight excluding hydrogens is 339 g/mol. The molecule has 0 aliphatic heterocycles. The lowest BCUT2D eigenvalue weighted by Crippen LogP contribution is -2.55. The summed E-state index contributed by atoms with van der Waals surface area (Å²) in [4.78, 5) is 23.3. The Bertz CT molecular complexity index is 605. The van der Waals surface area contributed by atoms with Crippen molar-refractivity contribution in [3.05, 3.63) is 27.2 Å². The number of amides is 2. The summed E-state index contributed by atoms with van der Waals surface area (Å²) in [6, 6.07) is 2.14. The third kappa shape index (κ3) is 3.54. The highest BCUT2D eigenvalue weighted by Gasteiger charge is 2.48. The van der Waals surface area contributed by atoms with Crippen LogP contribution in [0.2, 0.25) is 15.1 Å². The second-order valence-corrected chi connectivity index (χ2v) is 6.33. The van der Waals surface area contributed by atoms with E-state index in [1.807, 2.05) is 0 Å². The molecule has 1 aromatic carbocycles. The lowest BCUT2D eigenvalue weighted by atomic mass is 9.96. The van der Waals surface area contributed by atoms with E-state index in [0.29, 0.717) is 0 Å².